The van der Waals surface area contributed by atoms with Gasteiger partial charge in [0.05, 0.1) is 17.0 Å². The molecule has 0 aliphatic carbocycles. The zero-order chi connectivity index (χ0) is 15.6. The van der Waals surface area contributed by atoms with Crippen LogP contribution < -0.4 is 10.2 Å². The maximum Gasteiger partial charge on any atom is 0.418 e. The quantitative estimate of drug-likeness (QED) is 0.670. The number of hydrogen-bond acceptors (Lipinski definition) is 5. The average molecular weight is 319 g/mol. The fraction of sp³-hybridized carbons (Fsp3) is 0.182. The molecule has 0 amide bonds. The highest BCUT2D eigenvalue weighted by Crippen LogP contribution is 2.37. The van der Waals surface area contributed by atoms with Crippen molar-refractivity contribution in [2.75, 3.05) is 5.32 Å². The third kappa shape index (κ3) is 3.60. The molecule has 0 unspecified atom stereocenters. The first-order valence-electron chi connectivity index (χ1n) is 5.53. The SMILES string of the molecule is O=c1[nH]c(CNc2ccc([N+](=O)[O-])cc2C(F)(F)F)cs1. The number of non-ortho nitro benzene ring substituents is 1. The number of aromatic nitrogens is 1. The van der Waals surface area contributed by atoms with E-state index in [1.54, 1.807) is 0 Å². The Bertz CT molecular complexity index is 723. The lowest BCUT2D eigenvalue weighted by molar-refractivity contribution is -0.385. The average Bonchev–Trinajstić information content (AvgIpc) is 2.81. The molecule has 10 heteroatoms. The first-order valence-corrected chi connectivity index (χ1v) is 6.41. The van der Waals surface area contributed by atoms with E-state index in [0.29, 0.717) is 11.8 Å². The Balaban J connectivity index is 2.29. The lowest BCUT2D eigenvalue weighted by Crippen LogP contribution is -2.12. The Labute approximate surface area is 119 Å². The fourth-order valence-electron chi connectivity index (χ4n) is 1.63. The summed E-state index contributed by atoms with van der Waals surface area (Å²) in [6.45, 7) is -0.0281. The minimum absolute atomic E-state index is 0.0281. The van der Waals surface area contributed by atoms with Gasteiger partial charge in [0.2, 0.25) is 0 Å². The lowest BCUT2D eigenvalue weighted by Gasteiger charge is -2.13. The molecule has 1 aromatic carbocycles. The van der Waals surface area contributed by atoms with E-state index in [9.17, 15) is 28.1 Å². The van der Waals surface area contributed by atoms with Gasteiger partial charge >= 0.3 is 11.0 Å². The van der Waals surface area contributed by atoms with Crippen molar-refractivity contribution in [2.45, 2.75) is 12.7 Å². The number of aromatic amines is 1. The number of nitrogens with one attached hydrogen (secondary N) is 2. The molecule has 0 spiro atoms. The summed E-state index contributed by atoms with van der Waals surface area (Å²) in [6.07, 6.45) is -4.73. The van der Waals surface area contributed by atoms with Crippen LogP contribution in [0.4, 0.5) is 24.5 Å². The zero-order valence-electron chi connectivity index (χ0n) is 10.2. The highest BCUT2D eigenvalue weighted by Gasteiger charge is 2.35. The maximum absolute atomic E-state index is 12.9. The molecule has 21 heavy (non-hydrogen) atoms. The van der Waals surface area contributed by atoms with Crippen molar-refractivity contribution in [1.29, 1.82) is 0 Å². The molecule has 0 aliphatic heterocycles. The van der Waals surface area contributed by atoms with Crippen LogP contribution in [0.15, 0.2) is 28.4 Å². The Morgan fingerprint density at radius 1 is 1.38 bits per heavy atom. The molecule has 0 fully saturated rings. The molecule has 6 nitrogen and oxygen atoms in total. The topological polar surface area (TPSA) is 88.0 Å². The van der Waals surface area contributed by atoms with E-state index in [1.807, 2.05) is 0 Å². The predicted molar refractivity (Wildman–Crippen MR) is 70.4 cm³/mol. The number of alkyl halides is 3. The standard InChI is InChI=1S/C11H8F3N3O3S/c12-11(13,14)8-3-7(17(19)20)1-2-9(8)15-4-6-5-21-10(18)16-6/h1-3,5,15H,4H2,(H,16,18). The summed E-state index contributed by atoms with van der Waals surface area (Å²) in [4.78, 5) is 22.7. The van der Waals surface area contributed by atoms with Gasteiger partial charge in [0.25, 0.3) is 5.69 Å². The normalized spacial score (nSPS) is 11.4. The van der Waals surface area contributed by atoms with Crippen molar-refractivity contribution < 1.29 is 18.1 Å². The van der Waals surface area contributed by atoms with Crippen LogP contribution in [0.25, 0.3) is 0 Å². The van der Waals surface area contributed by atoms with Crippen molar-refractivity contribution in [3.63, 3.8) is 0 Å². The largest absolute Gasteiger partial charge is 0.418 e. The van der Waals surface area contributed by atoms with Gasteiger partial charge in [-0.2, -0.15) is 13.2 Å². The monoisotopic (exact) mass is 319 g/mol. The molecule has 1 aromatic heterocycles. The van der Waals surface area contributed by atoms with Crippen molar-refractivity contribution in [2.24, 2.45) is 0 Å². The van der Waals surface area contributed by atoms with Crippen molar-refractivity contribution in [3.05, 3.63) is 54.6 Å². The van der Waals surface area contributed by atoms with E-state index in [1.165, 1.54) is 5.38 Å². The molecule has 2 N–H and O–H groups in total. The third-order valence-electron chi connectivity index (χ3n) is 2.56. The summed E-state index contributed by atoms with van der Waals surface area (Å²) in [5, 5.41) is 14.5. The Kier molecular flexibility index (Phi) is 3.98. The van der Waals surface area contributed by atoms with Crippen LogP contribution in [0.1, 0.15) is 11.3 Å². The second kappa shape index (κ2) is 5.56. The molecular weight excluding hydrogens is 311 g/mol. The summed E-state index contributed by atoms with van der Waals surface area (Å²) >= 11 is 0.893. The van der Waals surface area contributed by atoms with Crippen LogP contribution in [0, 0.1) is 10.1 Å². The number of nitro benzene ring substituents is 1. The number of nitrogens with zero attached hydrogens (tertiary/aromatic N) is 1. The van der Waals surface area contributed by atoms with Gasteiger partial charge in [-0.25, -0.2) is 0 Å². The predicted octanol–water partition coefficient (Wildman–Crippen LogP) is 2.98. The van der Waals surface area contributed by atoms with Crippen LogP contribution in [0.5, 0.6) is 0 Å². The molecule has 0 bridgehead atoms. The highest BCUT2D eigenvalue weighted by molar-refractivity contribution is 7.07. The van der Waals surface area contributed by atoms with E-state index in [4.69, 9.17) is 0 Å². The van der Waals surface area contributed by atoms with Gasteiger partial charge in [-0.05, 0) is 6.07 Å². The number of rotatable bonds is 4. The minimum atomic E-state index is -4.73. The van der Waals surface area contributed by atoms with Crippen LogP contribution in [0.2, 0.25) is 0 Å². The van der Waals surface area contributed by atoms with E-state index >= 15 is 0 Å². The van der Waals surface area contributed by atoms with E-state index in [0.717, 1.165) is 23.5 Å². The fourth-order valence-corrected chi connectivity index (χ4v) is 2.21. The van der Waals surface area contributed by atoms with Crippen LogP contribution in [0.3, 0.4) is 0 Å². The van der Waals surface area contributed by atoms with E-state index < -0.39 is 22.4 Å². The van der Waals surface area contributed by atoms with Crippen LogP contribution in [-0.2, 0) is 12.7 Å². The Morgan fingerprint density at radius 3 is 2.62 bits per heavy atom. The smallest absolute Gasteiger partial charge is 0.379 e. The number of benzene rings is 1. The van der Waals surface area contributed by atoms with Crippen molar-refractivity contribution in [3.8, 4) is 0 Å². The van der Waals surface area contributed by atoms with E-state index in [2.05, 4.69) is 10.3 Å². The zero-order valence-corrected chi connectivity index (χ0v) is 11.0. The van der Waals surface area contributed by atoms with Crippen molar-refractivity contribution >= 4 is 22.7 Å². The molecule has 0 radical (unpaired) electrons. The van der Waals surface area contributed by atoms with Gasteiger partial charge in [-0.3, -0.25) is 14.9 Å². The Morgan fingerprint density at radius 2 is 2.10 bits per heavy atom. The van der Waals surface area contributed by atoms with Gasteiger partial charge in [-0.15, -0.1) is 0 Å². The molecule has 2 rings (SSSR count). The summed E-state index contributed by atoms with van der Waals surface area (Å²) in [7, 11) is 0. The first-order chi connectivity index (χ1) is 9.77. The van der Waals surface area contributed by atoms with Gasteiger partial charge in [-0.1, -0.05) is 11.3 Å². The number of halogens is 3. The maximum atomic E-state index is 12.9. The summed E-state index contributed by atoms with van der Waals surface area (Å²) in [5.74, 6) is 0. The number of nitro groups is 1. The third-order valence-corrected chi connectivity index (χ3v) is 3.28. The van der Waals surface area contributed by atoms with Gasteiger partial charge in [0, 0.05) is 28.9 Å². The minimum Gasteiger partial charge on any atom is -0.379 e. The Hall–Kier alpha value is -2.36. The summed E-state index contributed by atoms with van der Waals surface area (Å²) in [6, 6.07) is 2.44. The molecule has 1 heterocycles. The first kappa shape index (κ1) is 15.0. The number of thiazole rings is 1. The van der Waals surface area contributed by atoms with Gasteiger partial charge < -0.3 is 10.3 Å². The summed E-state index contributed by atoms with van der Waals surface area (Å²) in [5.41, 5.74) is -1.64. The summed E-state index contributed by atoms with van der Waals surface area (Å²) < 4.78 is 38.7. The number of hydrogen-bond donors (Lipinski definition) is 2. The molecule has 2 aromatic rings. The molecule has 0 aliphatic rings. The molecular formula is C11H8F3N3O3S. The highest BCUT2D eigenvalue weighted by atomic mass is 32.1. The van der Waals surface area contributed by atoms with E-state index in [-0.39, 0.29) is 17.1 Å². The van der Waals surface area contributed by atoms with Gasteiger partial charge in [0.1, 0.15) is 0 Å². The van der Waals surface area contributed by atoms with Crippen LogP contribution in [-0.4, -0.2) is 9.91 Å². The molecule has 0 atom stereocenters. The number of H-pyrrole nitrogens is 1. The van der Waals surface area contributed by atoms with Gasteiger partial charge in [0.15, 0.2) is 0 Å². The molecule has 0 saturated heterocycles. The molecule has 0 saturated carbocycles. The number of anilines is 1. The van der Waals surface area contributed by atoms with Crippen LogP contribution >= 0.6 is 11.3 Å². The lowest BCUT2D eigenvalue weighted by atomic mass is 10.1. The van der Waals surface area contributed by atoms with Crippen molar-refractivity contribution in [1.82, 2.24) is 4.98 Å². The second-order valence-corrected chi connectivity index (χ2v) is 4.85. The molecule has 112 valence electrons. The second-order valence-electron chi connectivity index (χ2n) is 4.01.